The molecule has 0 bridgehead atoms. The van der Waals surface area contributed by atoms with E-state index in [2.05, 4.69) is 10.0 Å². The lowest BCUT2D eigenvalue weighted by Crippen LogP contribution is -2.32. The number of rotatable bonds is 5. The number of carbonyl (C=O) groups excluding carboxylic acids is 1. The molecule has 5 nitrogen and oxygen atoms in total. The lowest BCUT2D eigenvalue weighted by molar-refractivity contribution is -0.115. The first-order valence-corrected chi connectivity index (χ1v) is 9.28. The first-order valence-electron chi connectivity index (χ1n) is 7.80. The Morgan fingerprint density at radius 3 is 2.36 bits per heavy atom. The number of hydrogen-bond donors (Lipinski definition) is 2. The van der Waals surface area contributed by atoms with Crippen molar-refractivity contribution in [2.45, 2.75) is 11.8 Å². The summed E-state index contributed by atoms with van der Waals surface area (Å²) >= 11 is 0. The van der Waals surface area contributed by atoms with Crippen LogP contribution in [0.4, 0.5) is 5.69 Å². The van der Waals surface area contributed by atoms with Crippen LogP contribution in [0.15, 0.2) is 71.6 Å². The van der Waals surface area contributed by atoms with Crippen LogP contribution in [-0.4, -0.2) is 20.9 Å². The molecule has 3 rings (SSSR count). The quantitative estimate of drug-likeness (QED) is 0.739. The van der Waals surface area contributed by atoms with E-state index in [0.717, 1.165) is 16.3 Å². The van der Waals surface area contributed by atoms with E-state index < -0.39 is 15.9 Å². The van der Waals surface area contributed by atoms with E-state index in [4.69, 9.17) is 0 Å². The van der Waals surface area contributed by atoms with Crippen LogP contribution in [0.25, 0.3) is 10.8 Å². The maximum atomic E-state index is 12.2. The standard InChI is InChI=1S/C19H18N2O3S/c1-14-9-11-16(12-10-14)25(23,24)20-13-19(22)21-18-8-4-6-15-5-2-3-7-17(15)18/h2-12,20H,13H2,1H3,(H,21,22). The summed E-state index contributed by atoms with van der Waals surface area (Å²) in [6.45, 7) is 1.54. The van der Waals surface area contributed by atoms with Gasteiger partial charge in [0, 0.05) is 11.1 Å². The molecule has 25 heavy (non-hydrogen) atoms. The molecule has 2 N–H and O–H groups in total. The Hall–Kier alpha value is -2.70. The van der Waals surface area contributed by atoms with E-state index in [-0.39, 0.29) is 11.4 Å². The summed E-state index contributed by atoms with van der Waals surface area (Å²) in [5.41, 5.74) is 1.62. The van der Waals surface area contributed by atoms with Gasteiger partial charge in [-0.25, -0.2) is 13.1 Å². The fourth-order valence-electron chi connectivity index (χ4n) is 2.49. The van der Waals surface area contributed by atoms with Crippen molar-refractivity contribution in [1.82, 2.24) is 4.72 Å². The number of fused-ring (bicyclic) bond motifs is 1. The van der Waals surface area contributed by atoms with Gasteiger partial charge in [-0.15, -0.1) is 0 Å². The van der Waals surface area contributed by atoms with Gasteiger partial charge in [0.15, 0.2) is 0 Å². The summed E-state index contributed by atoms with van der Waals surface area (Å²) in [7, 11) is -3.72. The van der Waals surface area contributed by atoms with Crippen LogP contribution in [0.1, 0.15) is 5.56 Å². The van der Waals surface area contributed by atoms with Gasteiger partial charge in [-0.05, 0) is 30.5 Å². The molecule has 0 saturated carbocycles. The highest BCUT2D eigenvalue weighted by atomic mass is 32.2. The van der Waals surface area contributed by atoms with Gasteiger partial charge in [0.05, 0.1) is 11.4 Å². The molecule has 0 aromatic heterocycles. The Kier molecular flexibility index (Phi) is 4.83. The van der Waals surface area contributed by atoms with E-state index in [0.29, 0.717) is 5.69 Å². The smallest absolute Gasteiger partial charge is 0.241 e. The average Bonchev–Trinajstić information content (AvgIpc) is 2.61. The second-order valence-electron chi connectivity index (χ2n) is 5.71. The van der Waals surface area contributed by atoms with Crippen molar-refractivity contribution in [3.8, 4) is 0 Å². The lowest BCUT2D eigenvalue weighted by Gasteiger charge is -2.10. The highest BCUT2D eigenvalue weighted by Crippen LogP contribution is 2.22. The number of carbonyl (C=O) groups is 1. The van der Waals surface area contributed by atoms with Gasteiger partial charge in [-0.2, -0.15) is 0 Å². The maximum Gasteiger partial charge on any atom is 0.241 e. The van der Waals surface area contributed by atoms with Crippen LogP contribution >= 0.6 is 0 Å². The molecule has 128 valence electrons. The molecular weight excluding hydrogens is 336 g/mol. The van der Waals surface area contributed by atoms with Gasteiger partial charge < -0.3 is 5.32 Å². The van der Waals surface area contributed by atoms with E-state index >= 15 is 0 Å². The molecule has 0 aliphatic rings. The Morgan fingerprint density at radius 1 is 0.920 bits per heavy atom. The van der Waals surface area contributed by atoms with Crippen molar-refractivity contribution in [2.75, 3.05) is 11.9 Å². The number of anilines is 1. The van der Waals surface area contributed by atoms with Crippen molar-refractivity contribution >= 4 is 32.4 Å². The molecule has 0 aliphatic carbocycles. The van der Waals surface area contributed by atoms with Crippen LogP contribution < -0.4 is 10.0 Å². The molecule has 6 heteroatoms. The third-order valence-corrected chi connectivity index (χ3v) is 5.23. The number of nitrogens with one attached hydrogen (secondary N) is 2. The molecule has 3 aromatic rings. The molecule has 0 heterocycles. The maximum absolute atomic E-state index is 12.2. The van der Waals surface area contributed by atoms with Crippen molar-refractivity contribution < 1.29 is 13.2 Å². The van der Waals surface area contributed by atoms with E-state index in [1.807, 2.05) is 43.3 Å². The summed E-state index contributed by atoms with van der Waals surface area (Å²) in [5, 5.41) is 4.66. The summed E-state index contributed by atoms with van der Waals surface area (Å²) in [4.78, 5) is 12.3. The zero-order valence-corrected chi connectivity index (χ0v) is 14.5. The topological polar surface area (TPSA) is 75.3 Å². The molecule has 3 aromatic carbocycles. The Labute approximate surface area is 146 Å². The zero-order valence-electron chi connectivity index (χ0n) is 13.7. The molecular formula is C19H18N2O3S. The van der Waals surface area contributed by atoms with Crippen LogP contribution in [0.3, 0.4) is 0 Å². The summed E-state index contributed by atoms with van der Waals surface area (Å²) in [5.74, 6) is -0.424. The monoisotopic (exact) mass is 354 g/mol. The molecule has 0 aliphatic heterocycles. The number of aryl methyl sites for hydroxylation is 1. The average molecular weight is 354 g/mol. The molecule has 0 saturated heterocycles. The van der Waals surface area contributed by atoms with Gasteiger partial charge in [-0.3, -0.25) is 4.79 Å². The predicted molar refractivity (Wildman–Crippen MR) is 98.9 cm³/mol. The molecule has 0 unspecified atom stereocenters. The Morgan fingerprint density at radius 2 is 1.60 bits per heavy atom. The van der Waals surface area contributed by atoms with Gasteiger partial charge in [0.1, 0.15) is 0 Å². The first-order chi connectivity index (χ1) is 12.0. The largest absolute Gasteiger partial charge is 0.324 e. The SMILES string of the molecule is Cc1ccc(S(=O)(=O)NCC(=O)Nc2cccc3ccccc23)cc1. The molecule has 1 amide bonds. The van der Waals surface area contributed by atoms with Crippen LogP contribution in [0.2, 0.25) is 0 Å². The van der Waals surface area contributed by atoms with E-state index in [1.165, 1.54) is 12.1 Å². The zero-order chi connectivity index (χ0) is 17.9. The fourth-order valence-corrected chi connectivity index (χ4v) is 3.47. The summed E-state index contributed by atoms with van der Waals surface area (Å²) < 4.78 is 26.8. The first kappa shape index (κ1) is 17.1. The Balaban J connectivity index is 1.69. The van der Waals surface area contributed by atoms with Crippen LogP contribution in [0.5, 0.6) is 0 Å². The molecule has 0 radical (unpaired) electrons. The second-order valence-corrected chi connectivity index (χ2v) is 7.48. The van der Waals surface area contributed by atoms with Crippen molar-refractivity contribution in [3.05, 3.63) is 72.3 Å². The number of amides is 1. The second kappa shape index (κ2) is 7.04. The van der Waals surface area contributed by atoms with Crippen molar-refractivity contribution in [2.24, 2.45) is 0 Å². The number of benzene rings is 3. The van der Waals surface area contributed by atoms with Crippen LogP contribution in [-0.2, 0) is 14.8 Å². The van der Waals surface area contributed by atoms with Crippen molar-refractivity contribution in [1.29, 1.82) is 0 Å². The number of sulfonamides is 1. The van der Waals surface area contributed by atoms with Gasteiger partial charge in [0.25, 0.3) is 0 Å². The minimum atomic E-state index is -3.72. The van der Waals surface area contributed by atoms with Gasteiger partial charge in [0.2, 0.25) is 15.9 Å². The van der Waals surface area contributed by atoms with Crippen molar-refractivity contribution in [3.63, 3.8) is 0 Å². The third kappa shape index (κ3) is 4.04. The minimum absolute atomic E-state index is 0.135. The predicted octanol–water partition coefficient (Wildman–Crippen LogP) is 3.07. The molecule has 0 atom stereocenters. The van der Waals surface area contributed by atoms with E-state index in [9.17, 15) is 13.2 Å². The number of hydrogen-bond acceptors (Lipinski definition) is 3. The van der Waals surface area contributed by atoms with Gasteiger partial charge in [-0.1, -0.05) is 54.1 Å². The highest BCUT2D eigenvalue weighted by Gasteiger charge is 2.15. The Bertz CT molecular complexity index is 1010. The third-order valence-electron chi connectivity index (χ3n) is 3.82. The summed E-state index contributed by atoms with van der Waals surface area (Å²) in [6.07, 6.45) is 0. The minimum Gasteiger partial charge on any atom is -0.324 e. The van der Waals surface area contributed by atoms with Gasteiger partial charge >= 0.3 is 0 Å². The molecule has 0 spiro atoms. The normalized spacial score (nSPS) is 11.4. The van der Waals surface area contributed by atoms with E-state index in [1.54, 1.807) is 18.2 Å². The lowest BCUT2D eigenvalue weighted by atomic mass is 10.1. The van der Waals surface area contributed by atoms with Crippen LogP contribution in [0, 0.1) is 6.92 Å². The highest BCUT2D eigenvalue weighted by molar-refractivity contribution is 7.89. The summed E-state index contributed by atoms with van der Waals surface area (Å²) in [6, 6.07) is 19.7. The fraction of sp³-hybridized carbons (Fsp3) is 0.105. The molecule has 0 fully saturated rings.